The Morgan fingerprint density at radius 3 is 2.67 bits per heavy atom. The topological polar surface area (TPSA) is 22.1 Å². The molecule has 15 heavy (non-hydrogen) atoms. The molecule has 0 bridgehead atoms. The summed E-state index contributed by atoms with van der Waals surface area (Å²) in [5.74, 6) is 1.42. The summed E-state index contributed by atoms with van der Waals surface area (Å²) in [6.45, 7) is 0. The van der Waals surface area contributed by atoms with Crippen molar-refractivity contribution >= 4 is 34.2 Å². The van der Waals surface area contributed by atoms with E-state index in [2.05, 4.69) is 27.6 Å². The Hall–Kier alpha value is -0.810. The van der Waals surface area contributed by atoms with Gasteiger partial charge in [-0.1, -0.05) is 23.7 Å². The quantitative estimate of drug-likeness (QED) is 0.772. The summed E-state index contributed by atoms with van der Waals surface area (Å²) in [4.78, 5) is 3.90. The maximum atomic E-state index is 5.94. The van der Waals surface area contributed by atoms with Gasteiger partial charge in [0, 0.05) is 18.5 Å². The van der Waals surface area contributed by atoms with E-state index in [4.69, 9.17) is 16.3 Å². The largest absolute Gasteiger partial charge is 0.455 e. The molecule has 0 amide bonds. The lowest BCUT2D eigenvalue weighted by molar-refractivity contribution is 0.479. The third kappa shape index (κ3) is 2.60. The minimum absolute atomic E-state index is 0.511. The van der Waals surface area contributed by atoms with E-state index in [1.54, 1.807) is 18.5 Å². The summed E-state index contributed by atoms with van der Waals surface area (Å²) < 4.78 is 6.70. The van der Waals surface area contributed by atoms with Gasteiger partial charge in [-0.3, -0.25) is 4.98 Å². The second-order valence-electron chi connectivity index (χ2n) is 2.84. The van der Waals surface area contributed by atoms with Crippen molar-refractivity contribution < 1.29 is 4.74 Å². The van der Waals surface area contributed by atoms with Crippen LogP contribution in [0.25, 0.3) is 0 Å². The van der Waals surface area contributed by atoms with Crippen molar-refractivity contribution in [2.75, 3.05) is 0 Å². The van der Waals surface area contributed by atoms with Crippen LogP contribution < -0.4 is 4.74 Å². The molecule has 0 saturated heterocycles. The Morgan fingerprint density at radius 2 is 1.93 bits per heavy atom. The molecule has 76 valence electrons. The van der Waals surface area contributed by atoms with Crippen molar-refractivity contribution in [3.63, 3.8) is 0 Å². The van der Waals surface area contributed by atoms with Crippen LogP contribution in [0.2, 0.25) is 5.02 Å². The molecule has 0 fully saturated rings. The van der Waals surface area contributed by atoms with Crippen LogP contribution in [0.5, 0.6) is 11.5 Å². The molecule has 1 aromatic heterocycles. The molecule has 0 aliphatic carbocycles. The minimum Gasteiger partial charge on any atom is -0.455 e. The van der Waals surface area contributed by atoms with Crippen LogP contribution in [0, 0.1) is 3.57 Å². The van der Waals surface area contributed by atoms with Gasteiger partial charge in [0.15, 0.2) is 0 Å². The second kappa shape index (κ2) is 4.81. The average Bonchev–Trinajstić information content (AvgIpc) is 2.24. The highest BCUT2D eigenvalue weighted by atomic mass is 127. The zero-order chi connectivity index (χ0) is 10.7. The molecule has 0 saturated carbocycles. The normalized spacial score (nSPS) is 10.0. The highest BCUT2D eigenvalue weighted by Crippen LogP contribution is 2.30. The molecule has 0 radical (unpaired) electrons. The summed E-state index contributed by atoms with van der Waals surface area (Å²) in [7, 11) is 0. The predicted octanol–water partition coefficient (Wildman–Crippen LogP) is 4.13. The maximum absolute atomic E-state index is 5.94. The smallest absolute Gasteiger partial charge is 0.149 e. The molecule has 2 nitrogen and oxygen atoms in total. The molecule has 0 aliphatic rings. The molecule has 1 aromatic carbocycles. The fourth-order valence-corrected chi connectivity index (χ4v) is 1.75. The molecule has 4 heteroatoms. The first-order chi connectivity index (χ1) is 7.27. The van der Waals surface area contributed by atoms with Crippen LogP contribution in [0.3, 0.4) is 0 Å². The number of aromatic nitrogens is 1. The first kappa shape index (κ1) is 10.7. The van der Waals surface area contributed by atoms with E-state index in [1.165, 1.54) is 0 Å². The Labute approximate surface area is 106 Å². The average molecular weight is 332 g/mol. The summed E-state index contributed by atoms with van der Waals surface area (Å²) in [6, 6.07) is 9.50. The van der Waals surface area contributed by atoms with Crippen LogP contribution >= 0.6 is 34.2 Å². The lowest BCUT2D eigenvalue weighted by Crippen LogP contribution is -1.88. The number of pyridine rings is 1. The van der Waals surface area contributed by atoms with Crippen molar-refractivity contribution in [2.45, 2.75) is 0 Å². The molecule has 0 N–H and O–H groups in total. The third-order valence-corrected chi connectivity index (χ3v) is 2.97. The molecule has 2 aromatic rings. The molecule has 2 rings (SSSR count). The zero-order valence-electron chi connectivity index (χ0n) is 7.65. The highest BCUT2D eigenvalue weighted by Gasteiger charge is 2.04. The summed E-state index contributed by atoms with van der Waals surface area (Å²) in [6.07, 6.45) is 3.21. The van der Waals surface area contributed by atoms with Crippen LogP contribution in [0.15, 0.2) is 42.7 Å². The van der Waals surface area contributed by atoms with Gasteiger partial charge in [-0.2, -0.15) is 0 Å². The van der Waals surface area contributed by atoms with Crippen LogP contribution in [0.1, 0.15) is 0 Å². The van der Waals surface area contributed by atoms with Crippen LogP contribution in [-0.4, -0.2) is 4.98 Å². The predicted molar refractivity (Wildman–Crippen MR) is 68.5 cm³/mol. The zero-order valence-corrected chi connectivity index (χ0v) is 10.6. The van der Waals surface area contributed by atoms with Crippen LogP contribution in [0.4, 0.5) is 0 Å². The van der Waals surface area contributed by atoms with Crippen molar-refractivity contribution in [1.82, 2.24) is 4.98 Å². The van der Waals surface area contributed by atoms with Crippen LogP contribution in [-0.2, 0) is 0 Å². The number of para-hydroxylation sites is 1. The minimum atomic E-state index is 0.511. The monoisotopic (exact) mass is 331 g/mol. The first-order valence-corrected chi connectivity index (χ1v) is 5.75. The fourth-order valence-electron chi connectivity index (χ4n) is 1.09. The summed E-state index contributed by atoms with van der Waals surface area (Å²) in [5, 5.41) is 0.511. The van der Waals surface area contributed by atoms with Gasteiger partial charge in [0.1, 0.15) is 16.5 Å². The SMILES string of the molecule is Clc1cnccc1Oc1ccccc1I. The first-order valence-electron chi connectivity index (χ1n) is 4.29. The van der Waals surface area contributed by atoms with Gasteiger partial charge in [-0.25, -0.2) is 0 Å². The van der Waals surface area contributed by atoms with Gasteiger partial charge < -0.3 is 4.74 Å². The Kier molecular flexibility index (Phi) is 3.43. The molecule has 1 heterocycles. The number of hydrogen-bond donors (Lipinski definition) is 0. The molecule has 0 spiro atoms. The maximum Gasteiger partial charge on any atom is 0.149 e. The number of hydrogen-bond acceptors (Lipinski definition) is 2. The number of nitrogens with zero attached hydrogens (tertiary/aromatic N) is 1. The van der Waals surface area contributed by atoms with E-state index >= 15 is 0 Å². The molecular weight excluding hydrogens is 324 g/mol. The molecule has 0 atom stereocenters. The third-order valence-electron chi connectivity index (χ3n) is 1.79. The number of ether oxygens (including phenoxy) is 1. The van der Waals surface area contributed by atoms with Gasteiger partial charge >= 0.3 is 0 Å². The van der Waals surface area contributed by atoms with Crippen molar-refractivity contribution in [1.29, 1.82) is 0 Å². The van der Waals surface area contributed by atoms with Gasteiger partial charge in [0.2, 0.25) is 0 Å². The molecule has 0 unspecified atom stereocenters. The van der Waals surface area contributed by atoms with Crippen molar-refractivity contribution in [2.24, 2.45) is 0 Å². The van der Waals surface area contributed by atoms with E-state index in [9.17, 15) is 0 Å². The Morgan fingerprint density at radius 1 is 1.13 bits per heavy atom. The van der Waals surface area contributed by atoms with Crippen molar-refractivity contribution in [3.05, 3.63) is 51.3 Å². The van der Waals surface area contributed by atoms with Gasteiger partial charge in [-0.05, 0) is 34.7 Å². The second-order valence-corrected chi connectivity index (χ2v) is 4.41. The van der Waals surface area contributed by atoms with E-state index in [0.717, 1.165) is 9.32 Å². The van der Waals surface area contributed by atoms with Gasteiger partial charge in [0.05, 0.1) is 3.57 Å². The highest BCUT2D eigenvalue weighted by molar-refractivity contribution is 14.1. The van der Waals surface area contributed by atoms with E-state index in [1.807, 2.05) is 24.3 Å². The van der Waals surface area contributed by atoms with E-state index in [-0.39, 0.29) is 0 Å². The molecular formula is C11H7ClINO. The Balaban J connectivity index is 2.30. The van der Waals surface area contributed by atoms with E-state index in [0.29, 0.717) is 10.8 Å². The van der Waals surface area contributed by atoms with Gasteiger partial charge in [0.25, 0.3) is 0 Å². The number of halogens is 2. The van der Waals surface area contributed by atoms with E-state index < -0.39 is 0 Å². The fraction of sp³-hybridized carbons (Fsp3) is 0. The van der Waals surface area contributed by atoms with Crippen molar-refractivity contribution in [3.8, 4) is 11.5 Å². The lowest BCUT2D eigenvalue weighted by Gasteiger charge is -2.08. The number of rotatable bonds is 2. The standard InChI is InChI=1S/C11H7ClINO/c12-8-7-14-6-5-10(8)15-11-4-2-1-3-9(11)13/h1-7H. The lowest BCUT2D eigenvalue weighted by atomic mass is 10.3. The number of benzene rings is 1. The van der Waals surface area contributed by atoms with Gasteiger partial charge in [-0.15, -0.1) is 0 Å². The summed E-state index contributed by atoms with van der Waals surface area (Å²) in [5.41, 5.74) is 0. The Bertz CT molecular complexity index is 432. The summed E-state index contributed by atoms with van der Waals surface area (Å²) >= 11 is 8.15. The molecule has 0 aliphatic heterocycles.